The summed E-state index contributed by atoms with van der Waals surface area (Å²) in [6.45, 7) is 2.34. The van der Waals surface area contributed by atoms with Gasteiger partial charge in [0.15, 0.2) is 0 Å². The molecule has 0 aromatic heterocycles. The lowest BCUT2D eigenvalue weighted by molar-refractivity contribution is 0.166. The number of nitrogens with two attached hydrogens (primary N) is 1. The van der Waals surface area contributed by atoms with Crippen LogP contribution >= 0.6 is 0 Å². The lowest BCUT2D eigenvalue weighted by Crippen LogP contribution is -2.47. The van der Waals surface area contributed by atoms with Gasteiger partial charge in [-0.05, 0) is 43.4 Å². The Morgan fingerprint density at radius 3 is 1.94 bits per heavy atom. The highest BCUT2D eigenvalue weighted by atomic mass is 15.2. The maximum atomic E-state index is 5.90. The van der Waals surface area contributed by atoms with Gasteiger partial charge in [0.25, 0.3) is 0 Å². The molecular weight excluding hydrogens is 220 g/mol. The summed E-state index contributed by atoms with van der Waals surface area (Å²) in [4.78, 5) is 0. The molecular formula is C16H32N2. The van der Waals surface area contributed by atoms with E-state index in [9.17, 15) is 0 Å². The van der Waals surface area contributed by atoms with Crippen LogP contribution in [0.4, 0.5) is 0 Å². The van der Waals surface area contributed by atoms with Crippen molar-refractivity contribution in [2.24, 2.45) is 23.6 Å². The molecule has 1 unspecified atom stereocenters. The van der Waals surface area contributed by atoms with Crippen molar-refractivity contribution in [1.82, 2.24) is 5.43 Å². The van der Waals surface area contributed by atoms with Crippen LogP contribution in [0.2, 0.25) is 0 Å². The monoisotopic (exact) mass is 252 g/mol. The van der Waals surface area contributed by atoms with Crippen molar-refractivity contribution in [1.29, 1.82) is 0 Å². The molecule has 0 radical (unpaired) electrons. The minimum atomic E-state index is 0.598. The molecule has 2 nitrogen and oxygen atoms in total. The molecule has 1 atom stereocenters. The van der Waals surface area contributed by atoms with E-state index in [2.05, 4.69) is 12.3 Å². The van der Waals surface area contributed by atoms with Gasteiger partial charge in [0.2, 0.25) is 0 Å². The Morgan fingerprint density at radius 2 is 1.44 bits per heavy atom. The van der Waals surface area contributed by atoms with Gasteiger partial charge in [0, 0.05) is 6.04 Å². The minimum Gasteiger partial charge on any atom is -0.271 e. The summed E-state index contributed by atoms with van der Waals surface area (Å²) in [5, 5.41) is 0. The average molecular weight is 252 g/mol. The summed E-state index contributed by atoms with van der Waals surface area (Å²) in [6.07, 6.45) is 15.6. The predicted molar refractivity (Wildman–Crippen MR) is 78.0 cm³/mol. The molecule has 2 aliphatic rings. The van der Waals surface area contributed by atoms with E-state index in [1.54, 1.807) is 0 Å². The van der Waals surface area contributed by atoms with Crippen molar-refractivity contribution in [2.75, 3.05) is 0 Å². The van der Waals surface area contributed by atoms with Crippen LogP contribution in [0.15, 0.2) is 0 Å². The molecule has 0 bridgehead atoms. The van der Waals surface area contributed by atoms with E-state index < -0.39 is 0 Å². The Labute approximate surface area is 113 Å². The smallest absolute Gasteiger partial charge is 0.0266 e. The first kappa shape index (κ1) is 14.3. The zero-order chi connectivity index (χ0) is 12.8. The zero-order valence-corrected chi connectivity index (χ0v) is 12.2. The molecule has 0 aromatic rings. The molecule has 0 spiro atoms. The third-order valence-corrected chi connectivity index (χ3v) is 5.58. The third-order valence-electron chi connectivity index (χ3n) is 5.58. The van der Waals surface area contributed by atoms with Crippen molar-refractivity contribution >= 4 is 0 Å². The molecule has 2 fully saturated rings. The summed E-state index contributed by atoms with van der Waals surface area (Å²) >= 11 is 0. The number of rotatable bonds is 4. The maximum Gasteiger partial charge on any atom is 0.0266 e. The normalized spacial score (nSPS) is 33.0. The number of hydrazine groups is 1. The van der Waals surface area contributed by atoms with Gasteiger partial charge in [-0.2, -0.15) is 0 Å². The molecule has 2 heteroatoms. The Kier molecular flexibility index (Phi) is 5.97. The van der Waals surface area contributed by atoms with Crippen LogP contribution in [-0.4, -0.2) is 6.04 Å². The first-order valence-corrected chi connectivity index (χ1v) is 8.31. The Bertz CT molecular complexity index is 213. The lowest BCUT2D eigenvalue weighted by atomic mass is 9.73. The van der Waals surface area contributed by atoms with Crippen LogP contribution < -0.4 is 11.3 Å². The summed E-state index contributed by atoms with van der Waals surface area (Å²) in [7, 11) is 0. The van der Waals surface area contributed by atoms with Gasteiger partial charge in [-0.25, -0.2) is 0 Å². The Hall–Kier alpha value is -0.0800. The number of hydrogen-bond donors (Lipinski definition) is 2. The predicted octanol–water partition coefficient (Wildman–Crippen LogP) is 4.01. The van der Waals surface area contributed by atoms with Crippen LogP contribution in [0.5, 0.6) is 0 Å². The molecule has 18 heavy (non-hydrogen) atoms. The molecule has 2 rings (SSSR count). The van der Waals surface area contributed by atoms with Crippen LogP contribution in [0.25, 0.3) is 0 Å². The van der Waals surface area contributed by atoms with Crippen molar-refractivity contribution < 1.29 is 0 Å². The van der Waals surface area contributed by atoms with E-state index in [1.807, 2.05) is 0 Å². The fourth-order valence-electron chi connectivity index (χ4n) is 4.28. The van der Waals surface area contributed by atoms with Gasteiger partial charge in [-0.1, -0.05) is 51.9 Å². The van der Waals surface area contributed by atoms with E-state index in [0.29, 0.717) is 6.04 Å². The molecule has 2 saturated carbocycles. The van der Waals surface area contributed by atoms with Crippen molar-refractivity contribution in [3.05, 3.63) is 0 Å². The van der Waals surface area contributed by atoms with Crippen LogP contribution in [-0.2, 0) is 0 Å². The Balaban J connectivity index is 1.87. The van der Waals surface area contributed by atoms with Gasteiger partial charge >= 0.3 is 0 Å². The molecule has 2 aliphatic carbocycles. The summed E-state index contributed by atoms with van der Waals surface area (Å²) in [5.41, 5.74) is 3.20. The van der Waals surface area contributed by atoms with Gasteiger partial charge in [0.1, 0.15) is 0 Å². The van der Waals surface area contributed by atoms with E-state index >= 15 is 0 Å². The zero-order valence-electron chi connectivity index (χ0n) is 12.2. The van der Waals surface area contributed by atoms with Crippen molar-refractivity contribution in [3.8, 4) is 0 Å². The summed E-state index contributed by atoms with van der Waals surface area (Å²) < 4.78 is 0. The van der Waals surface area contributed by atoms with Crippen LogP contribution in [0.1, 0.15) is 77.6 Å². The van der Waals surface area contributed by atoms with Crippen molar-refractivity contribution in [3.63, 3.8) is 0 Å². The fraction of sp³-hybridized carbons (Fsp3) is 1.00. The van der Waals surface area contributed by atoms with E-state index in [0.717, 1.165) is 17.8 Å². The topological polar surface area (TPSA) is 38.0 Å². The second-order valence-electron chi connectivity index (χ2n) is 6.63. The second kappa shape index (κ2) is 7.49. The van der Waals surface area contributed by atoms with Crippen molar-refractivity contribution in [2.45, 2.75) is 83.6 Å². The number of nitrogens with one attached hydrogen (secondary N) is 1. The molecule has 0 amide bonds. The lowest BCUT2D eigenvalue weighted by Gasteiger charge is -2.37. The van der Waals surface area contributed by atoms with Crippen LogP contribution in [0, 0.1) is 17.8 Å². The largest absolute Gasteiger partial charge is 0.271 e. The summed E-state index contributed by atoms with van der Waals surface area (Å²) in [5.74, 6) is 8.59. The van der Waals surface area contributed by atoms with Gasteiger partial charge in [-0.15, -0.1) is 0 Å². The highest BCUT2D eigenvalue weighted by Crippen LogP contribution is 2.37. The first-order chi connectivity index (χ1) is 8.85. The minimum absolute atomic E-state index is 0.598. The standard InChI is InChI=1S/C16H32N2/c1-2-13-9-11-15(12-10-13)16(18-17)14-7-5-3-4-6-8-14/h13-16,18H,2-12,17H2,1H3. The van der Waals surface area contributed by atoms with E-state index in [4.69, 9.17) is 5.84 Å². The second-order valence-corrected chi connectivity index (χ2v) is 6.63. The SMILES string of the molecule is CCC1CCC(C(NN)C2CCCCCC2)CC1. The molecule has 106 valence electrons. The molecule has 0 saturated heterocycles. The maximum absolute atomic E-state index is 5.90. The third kappa shape index (κ3) is 3.71. The highest BCUT2D eigenvalue weighted by Gasteiger charge is 2.31. The van der Waals surface area contributed by atoms with Gasteiger partial charge in [-0.3, -0.25) is 11.3 Å². The highest BCUT2D eigenvalue weighted by molar-refractivity contribution is 4.86. The molecule has 0 aromatic carbocycles. The van der Waals surface area contributed by atoms with E-state index in [1.165, 1.54) is 70.6 Å². The molecule has 0 heterocycles. The quantitative estimate of drug-likeness (QED) is 0.451. The van der Waals surface area contributed by atoms with E-state index in [-0.39, 0.29) is 0 Å². The fourth-order valence-corrected chi connectivity index (χ4v) is 4.28. The summed E-state index contributed by atoms with van der Waals surface area (Å²) in [6, 6.07) is 0.598. The van der Waals surface area contributed by atoms with Crippen LogP contribution in [0.3, 0.4) is 0 Å². The molecule has 3 N–H and O–H groups in total. The van der Waals surface area contributed by atoms with Gasteiger partial charge < -0.3 is 0 Å². The average Bonchev–Trinajstić information content (AvgIpc) is 2.70. The Morgan fingerprint density at radius 1 is 0.889 bits per heavy atom. The molecule has 0 aliphatic heterocycles. The number of hydrogen-bond acceptors (Lipinski definition) is 2. The first-order valence-electron chi connectivity index (χ1n) is 8.31. The van der Waals surface area contributed by atoms with Gasteiger partial charge in [0.05, 0.1) is 0 Å².